The van der Waals surface area contributed by atoms with Crippen LogP contribution >= 0.6 is 0 Å². The summed E-state index contributed by atoms with van der Waals surface area (Å²) >= 11 is 0. The third-order valence-electron chi connectivity index (χ3n) is 3.96. The number of nitro benzene ring substituents is 2. The molecule has 1 fully saturated rings. The normalized spacial score (nSPS) is 16.5. The van der Waals surface area contributed by atoms with E-state index in [0.717, 1.165) is 18.9 Å². The van der Waals surface area contributed by atoms with Crippen molar-refractivity contribution in [2.45, 2.75) is 25.6 Å². The molecular weight excluding hydrogens is 358 g/mol. The number of non-ortho nitro benzene ring substituents is 1. The maximum Gasteiger partial charge on any atom is 0.311 e. The minimum atomic E-state index is -0.621. The molecule has 0 aliphatic carbocycles. The molecule has 0 bridgehead atoms. The summed E-state index contributed by atoms with van der Waals surface area (Å²) in [7, 11) is 0. The molecular formula is C17H17N3O7. The molecule has 2 aromatic rings. The van der Waals surface area contributed by atoms with Crippen LogP contribution in [0.3, 0.4) is 0 Å². The van der Waals surface area contributed by atoms with Gasteiger partial charge in [0.1, 0.15) is 5.75 Å². The Bertz CT molecular complexity index is 866. The average Bonchev–Trinajstić information content (AvgIpc) is 2.64. The van der Waals surface area contributed by atoms with Crippen molar-refractivity contribution in [3.05, 3.63) is 56.6 Å². The van der Waals surface area contributed by atoms with E-state index in [9.17, 15) is 20.2 Å². The number of nitro groups is 2. The standard InChI is InChI=1S/C17H17N3O7/c18-13-6-4-11(19(21)22)9-15(13)27-16-10-12(5-7-14(16)20(23)24)26-17-3-1-2-8-25-17/h4-7,9-10,17H,1-3,8,18H2. The number of nitrogens with two attached hydrogens (primary N) is 1. The molecule has 1 atom stereocenters. The van der Waals surface area contributed by atoms with Crippen molar-refractivity contribution in [1.82, 2.24) is 0 Å². The van der Waals surface area contributed by atoms with E-state index in [1.807, 2.05) is 0 Å². The van der Waals surface area contributed by atoms with Crippen molar-refractivity contribution >= 4 is 17.1 Å². The molecule has 1 saturated heterocycles. The minimum Gasteiger partial charge on any atom is -0.465 e. The highest BCUT2D eigenvalue weighted by Crippen LogP contribution is 2.38. The summed E-state index contributed by atoms with van der Waals surface area (Å²) in [6.45, 7) is 0.589. The third kappa shape index (κ3) is 4.42. The molecule has 10 nitrogen and oxygen atoms in total. The van der Waals surface area contributed by atoms with Gasteiger partial charge in [-0.25, -0.2) is 0 Å². The van der Waals surface area contributed by atoms with Gasteiger partial charge in [0.15, 0.2) is 12.0 Å². The van der Waals surface area contributed by atoms with Crippen molar-refractivity contribution < 1.29 is 24.1 Å². The summed E-state index contributed by atoms with van der Waals surface area (Å²) in [5.41, 5.74) is 5.32. The molecule has 1 aliphatic rings. The van der Waals surface area contributed by atoms with Crippen LogP contribution in [0.25, 0.3) is 0 Å². The topological polar surface area (TPSA) is 140 Å². The lowest BCUT2D eigenvalue weighted by Gasteiger charge is -2.23. The predicted molar refractivity (Wildman–Crippen MR) is 94.9 cm³/mol. The van der Waals surface area contributed by atoms with Gasteiger partial charge in [0.2, 0.25) is 5.75 Å². The van der Waals surface area contributed by atoms with Crippen molar-refractivity contribution in [3.63, 3.8) is 0 Å². The highest BCUT2D eigenvalue weighted by Gasteiger charge is 2.21. The highest BCUT2D eigenvalue weighted by molar-refractivity contribution is 5.61. The molecule has 2 N–H and O–H groups in total. The van der Waals surface area contributed by atoms with Gasteiger partial charge in [-0.15, -0.1) is 0 Å². The lowest BCUT2D eigenvalue weighted by molar-refractivity contribution is -0.386. The van der Waals surface area contributed by atoms with Crippen molar-refractivity contribution in [2.75, 3.05) is 12.3 Å². The molecule has 10 heteroatoms. The summed E-state index contributed by atoms with van der Waals surface area (Å²) in [5.74, 6) is 0.130. The van der Waals surface area contributed by atoms with E-state index >= 15 is 0 Å². The van der Waals surface area contributed by atoms with Crippen LogP contribution in [-0.2, 0) is 4.74 Å². The fourth-order valence-electron chi connectivity index (χ4n) is 2.60. The molecule has 1 heterocycles. The first-order chi connectivity index (χ1) is 12.9. The van der Waals surface area contributed by atoms with E-state index in [1.54, 1.807) is 0 Å². The first kappa shape index (κ1) is 18.4. The van der Waals surface area contributed by atoms with E-state index < -0.39 is 16.1 Å². The van der Waals surface area contributed by atoms with Crippen LogP contribution in [0.1, 0.15) is 19.3 Å². The van der Waals surface area contributed by atoms with Gasteiger partial charge in [-0.3, -0.25) is 20.2 Å². The van der Waals surface area contributed by atoms with E-state index in [4.69, 9.17) is 19.9 Å². The predicted octanol–water partition coefficient (Wildman–Crippen LogP) is 3.78. The summed E-state index contributed by atoms with van der Waals surface area (Å²) in [6.07, 6.45) is 2.20. The zero-order chi connectivity index (χ0) is 19.4. The monoisotopic (exact) mass is 375 g/mol. The summed E-state index contributed by atoms with van der Waals surface area (Å²) in [5, 5.41) is 22.2. The Morgan fingerprint density at radius 3 is 2.52 bits per heavy atom. The van der Waals surface area contributed by atoms with Crippen LogP contribution in [0.2, 0.25) is 0 Å². The number of rotatable bonds is 6. The largest absolute Gasteiger partial charge is 0.465 e. The number of anilines is 1. The van der Waals surface area contributed by atoms with E-state index in [2.05, 4.69) is 0 Å². The van der Waals surface area contributed by atoms with Gasteiger partial charge in [-0.05, 0) is 25.0 Å². The van der Waals surface area contributed by atoms with Gasteiger partial charge in [-0.1, -0.05) is 0 Å². The Morgan fingerprint density at radius 2 is 1.85 bits per heavy atom. The fraction of sp³-hybridized carbons (Fsp3) is 0.294. The van der Waals surface area contributed by atoms with Crippen LogP contribution in [0.5, 0.6) is 17.2 Å². The lowest BCUT2D eigenvalue weighted by atomic mass is 10.2. The van der Waals surface area contributed by atoms with Gasteiger partial charge >= 0.3 is 5.69 Å². The quantitative estimate of drug-likeness (QED) is 0.457. The summed E-state index contributed by atoms with van der Waals surface area (Å²) < 4.78 is 16.7. The Labute approximate surface area is 153 Å². The lowest BCUT2D eigenvalue weighted by Crippen LogP contribution is -2.24. The van der Waals surface area contributed by atoms with Gasteiger partial charge in [0.25, 0.3) is 5.69 Å². The van der Waals surface area contributed by atoms with Gasteiger partial charge in [0, 0.05) is 24.6 Å². The smallest absolute Gasteiger partial charge is 0.311 e. The molecule has 0 amide bonds. The molecule has 0 radical (unpaired) electrons. The summed E-state index contributed by atoms with van der Waals surface area (Å²) in [6, 6.07) is 7.65. The Balaban J connectivity index is 1.90. The Kier molecular flexibility index (Phi) is 5.36. The molecule has 2 aromatic carbocycles. The molecule has 1 aliphatic heterocycles. The van der Waals surface area contributed by atoms with E-state index in [1.165, 1.54) is 30.3 Å². The van der Waals surface area contributed by atoms with Gasteiger partial charge in [-0.2, -0.15) is 0 Å². The van der Waals surface area contributed by atoms with Crippen molar-refractivity contribution in [3.8, 4) is 17.2 Å². The Morgan fingerprint density at radius 1 is 1.04 bits per heavy atom. The summed E-state index contributed by atoms with van der Waals surface area (Å²) in [4.78, 5) is 21.0. The van der Waals surface area contributed by atoms with Gasteiger partial charge < -0.3 is 19.9 Å². The van der Waals surface area contributed by atoms with Crippen LogP contribution in [0.4, 0.5) is 17.1 Å². The zero-order valence-corrected chi connectivity index (χ0v) is 14.2. The third-order valence-corrected chi connectivity index (χ3v) is 3.96. The van der Waals surface area contributed by atoms with E-state index in [-0.39, 0.29) is 28.6 Å². The highest BCUT2D eigenvalue weighted by atomic mass is 16.7. The SMILES string of the molecule is Nc1ccc([N+](=O)[O-])cc1Oc1cc(OC2CCCCO2)ccc1[N+](=O)[O-]. The minimum absolute atomic E-state index is 0.0571. The number of hydrogen-bond acceptors (Lipinski definition) is 8. The first-order valence-corrected chi connectivity index (χ1v) is 8.22. The van der Waals surface area contributed by atoms with Crippen LogP contribution in [0.15, 0.2) is 36.4 Å². The maximum absolute atomic E-state index is 11.3. The molecule has 27 heavy (non-hydrogen) atoms. The number of hydrogen-bond donors (Lipinski definition) is 1. The molecule has 1 unspecified atom stereocenters. The number of nitrogens with zero attached hydrogens (tertiary/aromatic N) is 2. The van der Waals surface area contributed by atoms with Crippen LogP contribution in [-0.4, -0.2) is 22.7 Å². The molecule has 0 saturated carbocycles. The second-order valence-corrected chi connectivity index (χ2v) is 5.88. The molecule has 3 rings (SSSR count). The second kappa shape index (κ2) is 7.87. The number of benzene rings is 2. The number of nitrogen functional groups attached to an aromatic ring is 1. The Hall–Kier alpha value is -3.40. The molecule has 142 valence electrons. The molecule has 0 spiro atoms. The van der Waals surface area contributed by atoms with E-state index in [0.29, 0.717) is 18.8 Å². The second-order valence-electron chi connectivity index (χ2n) is 5.88. The van der Waals surface area contributed by atoms with Crippen LogP contribution in [0, 0.1) is 20.2 Å². The maximum atomic E-state index is 11.3. The van der Waals surface area contributed by atoms with Crippen LogP contribution < -0.4 is 15.2 Å². The zero-order valence-electron chi connectivity index (χ0n) is 14.2. The number of ether oxygens (including phenoxy) is 3. The molecule has 0 aromatic heterocycles. The fourth-order valence-corrected chi connectivity index (χ4v) is 2.60. The van der Waals surface area contributed by atoms with Crippen molar-refractivity contribution in [1.29, 1.82) is 0 Å². The van der Waals surface area contributed by atoms with Gasteiger partial charge in [0.05, 0.1) is 28.2 Å². The first-order valence-electron chi connectivity index (χ1n) is 8.22. The van der Waals surface area contributed by atoms with Crippen molar-refractivity contribution in [2.24, 2.45) is 0 Å². The average molecular weight is 375 g/mol.